The molecule has 0 radical (unpaired) electrons. The number of aromatic nitrogens is 2. The van der Waals surface area contributed by atoms with Crippen LogP contribution in [0.3, 0.4) is 0 Å². The van der Waals surface area contributed by atoms with E-state index in [1.165, 1.54) is 0 Å². The minimum absolute atomic E-state index is 0.655. The summed E-state index contributed by atoms with van der Waals surface area (Å²) in [5.41, 5.74) is 7.97. The lowest BCUT2D eigenvalue weighted by Crippen LogP contribution is -2.16. The topological polar surface area (TPSA) is 65.9 Å². The number of rotatable bonds is 8. The maximum Gasteiger partial charge on any atom is 0.143 e. The van der Waals surface area contributed by atoms with Crippen LogP contribution in [0.5, 0.6) is 23.0 Å². The molecule has 1 aliphatic rings. The molecule has 228 valence electrons. The van der Waals surface area contributed by atoms with Crippen molar-refractivity contribution in [1.82, 2.24) is 9.97 Å². The largest absolute Gasteiger partial charge is 0.496 e. The first kappa shape index (κ1) is 29.3. The number of nitrogens with zero attached hydrogens (tertiary/aromatic N) is 3. The van der Waals surface area contributed by atoms with Gasteiger partial charge in [-0.1, -0.05) is 48.2 Å². The average Bonchev–Trinajstić information content (AvgIpc) is 3.13. The molecule has 6 aromatic rings. The van der Waals surface area contributed by atoms with Crippen molar-refractivity contribution in [2.45, 2.75) is 9.79 Å². The molecule has 0 fully saturated rings. The summed E-state index contributed by atoms with van der Waals surface area (Å²) < 4.78 is 24.0. The predicted molar refractivity (Wildman–Crippen MR) is 183 cm³/mol. The second-order valence-corrected chi connectivity index (χ2v) is 11.6. The quantitative estimate of drug-likeness (QED) is 0.165. The molecule has 3 heterocycles. The molecule has 0 saturated carbocycles. The molecular formula is C38H31N3O4S. The summed E-state index contributed by atoms with van der Waals surface area (Å²) >= 11 is 1.76. The Morgan fingerprint density at radius 2 is 1.04 bits per heavy atom. The van der Waals surface area contributed by atoms with Crippen molar-refractivity contribution in [3.8, 4) is 56.6 Å². The molecule has 0 bridgehead atoms. The van der Waals surface area contributed by atoms with Gasteiger partial charge in [-0.15, -0.1) is 0 Å². The predicted octanol–water partition coefficient (Wildman–Crippen LogP) is 9.45. The van der Waals surface area contributed by atoms with Crippen molar-refractivity contribution in [3.63, 3.8) is 0 Å². The first-order chi connectivity index (χ1) is 22.6. The van der Waals surface area contributed by atoms with Crippen LogP contribution in [-0.2, 0) is 0 Å². The monoisotopic (exact) mass is 625 g/mol. The van der Waals surface area contributed by atoms with Crippen LogP contribution in [-0.4, -0.2) is 38.4 Å². The molecule has 8 heteroatoms. The first-order valence-electron chi connectivity index (χ1n) is 14.7. The molecule has 46 heavy (non-hydrogen) atoms. The number of pyridine rings is 2. The van der Waals surface area contributed by atoms with Gasteiger partial charge in [0.25, 0.3) is 0 Å². The van der Waals surface area contributed by atoms with Gasteiger partial charge in [-0.05, 0) is 60.7 Å². The fourth-order valence-corrected chi connectivity index (χ4v) is 6.84. The summed E-state index contributed by atoms with van der Waals surface area (Å²) in [6, 6.07) is 34.5. The Labute approximate surface area is 272 Å². The Hall–Kier alpha value is -5.47. The molecule has 0 unspecified atom stereocenters. The lowest BCUT2D eigenvalue weighted by Gasteiger charge is -2.34. The van der Waals surface area contributed by atoms with Gasteiger partial charge in [-0.3, -0.25) is 9.97 Å². The summed E-state index contributed by atoms with van der Waals surface area (Å²) in [5.74, 6) is 2.68. The Morgan fingerprint density at radius 3 is 1.63 bits per heavy atom. The van der Waals surface area contributed by atoms with E-state index in [1.54, 1.807) is 46.4 Å². The molecule has 0 aliphatic carbocycles. The lowest BCUT2D eigenvalue weighted by molar-refractivity contribution is 0.400. The van der Waals surface area contributed by atoms with E-state index in [2.05, 4.69) is 63.4 Å². The van der Waals surface area contributed by atoms with E-state index in [-0.39, 0.29) is 0 Å². The van der Waals surface area contributed by atoms with Crippen molar-refractivity contribution >= 4 is 28.8 Å². The average molecular weight is 626 g/mol. The van der Waals surface area contributed by atoms with Crippen LogP contribution in [0, 0.1) is 0 Å². The maximum atomic E-state index is 6.07. The van der Waals surface area contributed by atoms with E-state index in [1.807, 2.05) is 60.8 Å². The number of hydrogen-bond acceptors (Lipinski definition) is 8. The van der Waals surface area contributed by atoms with E-state index in [4.69, 9.17) is 18.9 Å². The van der Waals surface area contributed by atoms with E-state index in [0.29, 0.717) is 23.0 Å². The number of para-hydroxylation sites is 2. The highest BCUT2D eigenvalue weighted by Gasteiger charge is 2.28. The number of benzene rings is 4. The van der Waals surface area contributed by atoms with Gasteiger partial charge in [-0.2, -0.15) is 0 Å². The minimum Gasteiger partial charge on any atom is -0.496 e. The third-order valence-corrected chi connectivity index (χ3v) is 9.12. The lowest BCUT2D eigenvalue weighted by atomic mass is 9.96. The number of fused-ring (bicyclic) bond motifs is 2. The number of anilines is 3. The van der Waals surface area contributed by atoms with Crippen LogP contribution >= 0.6 is 11.8 Å². The Balaban J connectivity index is 1.35. The van der Waals surface area contributed by atoms with Gasteiger partial charge in [-0.25, -0.2) is 0 Å². The summed E-state index contributed by atoms with van der Waals surface area (Å²) in [7, 11) is 6.69. The smallest absolute Gasteiger partial charge is 0.143 e. The zero-order valence-electron chi connectivity index (χ0n) is 25.9. The van der Waals surface area contributed by atoms with Crippen LogP contribution in [0.4, 0.5) is 17.1 Å². The molecule has 4 aromatic carbocycles. The number of hydrogen-bond donors (Lipinski definition) is 0. The molecular weight excluding hydrogens is 595 g/mol. The number of methoxy groups -OCH3 is 4. The molecule has 0 spiro atoms. The molecule has 7 rings (SSSR count). The molecule has 7 nitrogen and oxygen atoms in total. The highest BCUT2D eigenvalue weighted by atomic mass is 32.2. The standard InChI is InChI=1S/C38H31N3O4S/c1-42-33-20-26(34(43-2)19-25(33)24-16-17-29(40-23-24)28-11-9-10-18-39-28)27-21-36(45-4)32(22-35(27)44-3)41-30-12-5-7-14-37(30)46-38-15-8-6-13-31(38)41/h5-23H,1-4H3. The third-order valence-electron chi connectivity index (χ3n) is 7.99. The summed E-state index contributed by atoms with van der Waals surface area (Å²) in [5, 5.41) is 0. The normalized spacial score (nSPS) is 11.8. The van der Waals surface area contributed by atoms with Crippen molar-refractivity contribution in [1.29, 1.82) is 0 Å². The van der Waals surface area contributed by atoms with Gasteiger partial charge in [0.2, 0.25) is 0 Å². The maximum absolute atomic E-state index is 6.07. The fourth-order valence-electron chi connectivity index (χ4n) is 5.78. The highest BCUT2D eigenvalue weighted by Crippen LogP contribution is 2.55. The third kappa shape index (κ3) is 5.16. The molecule has 0 saturated heterocycles. The van der Waals surface area contributed by atoms with Gasteiger partial charge in [0.05, 0.1) is 56.9 Å². The van der Waals surface area contributed by atoms with Crippen molar-refractivity contribution in [3.05, 3.63) is 116 Å². The van der Waals surface area contributed by atoms with Gasteiger partial charge in [0.1, 0.15) is 23.0 Å². The van der Waals surface area contributed by atoms with E-state index in [9.17, 15) is 0 Å². The molecule has 1 aliphatic heterocycles. The van der Waals surface area contributed by atoms with Gasteiger partial charge in [0.15, 0.2) is 0 Å². The molecule has 0 amide bonds. The van der Waals surface area contributed by atoms with Crippen LogP contribution in [0.15, 0.2) is 125 Å². The second kappa shape index (κ2) is 12.5. The molecule has 2 aromatic heterocycles. The van der Waals surface area contributed by atoms with Crippen molar-refractivity contribution in [2.75, 3.05) is 33.3 Å². The zero-order valence-corrected chi connectivity index (χ0v) is 26.7. The Bertz CT molecular complexity index is 1990. The van der Waals surface area contributed by atoms with Crippen LogP contribution < -0.4 is 23.8 Å². The molecule has 0 atom stereocenters. The van der Waals surface area contributed by atoms with Crippen LogP contribution in [0.1, 0.15) is 0 Å². The van der Waals surface area contributed by atoms with E-state index in [0.717, 1.165) is 60.5 Å². The van der Waals surface area contributed by atoms with Crippen LogP contribution in [0.2, 0.25) is 0 Å². The zero-order chi connectivity index (χ0) is 31.6. The fraction of sp³-hybridized carbons (Fsp3) is 0.105. The van der Waals surface area contributed by atoms with Crippen molar-refractivity contribution < 1.29 is 18.9 Å². The van der Waals surface area contributed by atoms with Gasteiger partial charge >= 0.3 is 0 Å². The summed E-state index contributed by atoms with van der Waals surface area (Å²) in [4.78, 5) is 13.6. The SMILES string of the molecule is COc1cc(-c2cc(OC)c(N3c4ccccc4Sc4ccccc43)cc2OC)c(OC)cc1-c1ccc(-c2ccccn2)nc1. The second-order valence-electron chi connectivity index (χ2n) is 10.5. The summed E-state index contributed by atoms with van der Waals surface area (Å²) in [6.45, 7) is 0. The number of ether oxygens (including phenoxy) is 4. The van der Waals surface area contributed by atoms with E-state index >= 15 is 0 Å². The van der Waals surface area contributed by atoms with E-state index < -0.39 is 0 Å². The van der Waals surface area contributed by atoms with Crippen LogP contribution in [0.25, 0.3) is 33.6 Å². The minimum atomic E-state index is 0.655. The van der Waals surface area contributed by atoms with Gasteiger partial charge < -0.3 is 23.8 Å². The molecule has 0 N–H and O–H groups in total. The Morgan fingerprint density at radius 1 is 0.500 bits per heavy atom. The summed E-state index contributed by atoms with van der Waals surface area (Å²) in [6.07, 6.45) is 3.59. The first-order valence-corrected chi connectivity index (χ1v) is 15.5. The Kier molecular flexibility index (Phi) is 7.95. The highest BCUT2D eigenvalue weighted by molar-refractivity contribution is 7.99. The van der Waals surface area contributed by atoms with Crippen molar-refractivity contribution in [2.24, 2.45) is 0 Å². The van der Waals surface area contributed by atoms with Gasteiger partial charge in [0, 0.05) is 50.5 Å².